The molecule has 0 aromatic rings. The third-order valence-corrected chi connectivity index (χ3v) is 1.53. The highest BCUT2D eigenvalue weighted by Gasteiger charge is 1.87. The minimum atomic E-state index is 0.135. The molecule has 3 heteroatoms. The smallest absolute Gasteiger partial charge is 0.152 e. The number of carbonyl (C=O) groups is 3. The number of allylic oxidation sites excluding steroid dienone is 2. The van der Waals surface area contributed by atoms with E-state index in [9.17, 15) is 14.4 Å². The molecular weight excluding hydrogens is 240 g/mol. The van der Waals surface area contributed by atoms with Crippen LogP contribution in [0.3, 0.4) is 0 Å². The minimum Gasteiger partial charge on any atom is -0.303 e. The first kappa shape index (κ1) is 22.9. The van der Waals surface area contributed by atoms with Gasteiger partial charge in [-0.3, -0.25) is 4.79 Å². The summed E-state index contributed by atoms with van der Waals surface area (Å²) in [7, 11) is 0. The molecule has 0 aliphatic rings. The summed E-state index contributed by atoms with van der Waals surface area (Å²) in [5.74, 6) is 1.48. The Kier molecular flexibility index (Phi) is 20.2. The average molecular weight is 270 g/mol. The van der Waals surface area contributed by atoms with Gasteiger partial charge in [-0.1, -0.05) is 33.8 Å². The first-order valence-electron chi connectivity index (χ1n) is 6.71. The van der Waals surface area contributed by atoms with Gasteiger partial charge in [-0.25, -0.2) is 0 Å². The largest absolute Gasteiger partial charge is 0.303 e. The molecule has 0 aliphatic carbocycles. The molecular formula is C16H30O3. The molecule has 0 unspecified atom stereocenters. The predicted octanol–water partition coefficient (Wildman–Crippen LogP) is 4.00. The van der Waals surface area contributed by atoms with Gasteiger partial charge in [-0.2, -0.15) is 0 Å². The zero-order valence-corrected chi connectivity index (χ0v) is 13.5. The summed E-state index contributed by atoms with van der Waals surface area (Å²) < 4.78 is 0. The van der Waals surface area contributed by atoms with Crippen molar-refractivity contribution in [1.82, 2.24) is 0 Å². The fourth-order valence-corrected chi connectivity index (χ4v) is 0.699. The molecule has 0 bridgehead atoms. The molecule has 0 saturated carbocycles. The number of rotatable bonds is 5. The van der Waals surface area contributed by atoms with E-state index in [-0.39, 0.29) is 11.6 Å². The van der Waals surface area contributed by atoms with E-state index in [4.69, 9.17) is 0 Å². The van der Waals surface area contributed by atoms with Crippen LogP contribution in [-0.2, 0) is 14.4 Å². The van der Waals surface area contributed by atoms with E-state index in [2.05, 4.69) is 13.8 Å². The van der Waals surface area contributed by atoms with Gasteiger partial charge >= 0.3 is 0 Å². The molecule has 19 heavy (non-hydrogen) atoms. The Hall–Kier alpha value is -1.25. The Bertz CT molecular complexity index is 259. The third-order valence-electron chi connectivity index (χ3n) is 1.53. The molecule has 0 heterocycles. The predicted molar refractivity (Wildman–Crippen MR) is 81.2 cm³/mol. The Balaban J connectivity index is -0.000000222. The van der Waals surface area contributed by atoms with E-state index in [0.717, 1.165) is 12.7 Å². The van der Waals surface area contributed by atoms with E-state index in [1.807, 2.05) is 19.9 Å². The number of hydrogen-bond donors (Lipinski definition) is 0. The maximum atomic E-state index is 10.3. The molecule has 0 radical (unpaired) electrons. The molecule has 0 saturated heterocycles. The van der Waals surface area contributed by atoms with Crippen LogP contribution in [0.15, 0.2) is 12.2 Å². The van der Waals surface area contributed by atoms with Gasteiger partial charge in [0.25, 0.3) is 0 Å². The van der Waals surface area contributed by atoms with Crippen molar-refractivity contribution >= 4 is 17.9 Å². The Morgan fingerprint density at radius 3 is 1.42 bits per heavy atom. The second-order valence-corrected chi connectivity index (χ2v) is 5.35. The molecule has 112 valence electrons. The molecule has 0 aromatic heterocycles. The Morgan fingerprint density at radius 1 is 0.895 bits per heavy atom. The van der Waals surface area contributed by atoms with Gasteiger partial charge in [-0.15, -0.1) is 0 Å². The lowest BCUT2D eigenvalue weighted by atomic mass is 10.1. The Morgan fingerprint density at radius 2 is 1.26 bits per heavy atom. The van der Waals surface area contributed by atoms with Crippen LogP contribution in [0.5, 0.6) is 0 Å². The molecule has 0 amide bonds. The molecule has 0 fully saturated rings. The molecule has 0 N–H and O–H groups in total. The van der Waals surface area contributed by atoms with Crippen molar-refractivity contribution in [3.05, 3.63) is 12.2 Å². The maximum Gasteiger partial charge on any atom is 0.152 e. The van der Waals surface area contributed by atoms with Crippen molar-refractivity contribution in [2.24, 2.45) is 11.8 Å². The fraction of sp³-hybridized carbons (Fsp3) is 0.688. The standard InChI is InChI=1S/C8H14O.C5H10O.C3H6O/c1-7(2)5-4-6-8(3)9;1-5(2)3-4-6;1-3(2)4/h4,6-7H,5H2,1-3H3;4-5H,3H2,1-2H3;1-2H3/b6-4+;;. The van der Waals surface area contributed by atoms with Crippen LogP contribution in [0.2, 0.25) is 0 Å². The molecule has 0 spiro atoms. The lowest BCUT2D eigenvalue weighted by Crippen LogP contribution is -1.84. The molecule has 0 atom stereocenters. The van der Waals surface area contributed by atoms with Crippen molar-refractivity contribution in [1.29, 1.82) is 0 Å². The highest BCUT2D eigenvalue weighted by atomic mass is 16.1. The monoisotopic (exact) mass is 270 g/mol. The third kappa shape index (κ3) is 60.7. The van der Waals surface area contributed by atoms with Crippen molar-refractivity contribution < 1.29 is 14.4 Å². The molecule has 0 aromatic carbocycles. The zero-order chi connectivity index (χ0) is 15.8. The Labute approximate surface area is 118 Å². The van der Waals surface area contributed by atoms with E-state index in [0.29, 0.717) is 18.3 Å². The summed E-state index contributed by atoms with van der Waals surface area (Å²) >= 11 is 0. The molecule has 3 nitrogen and oxygen atoms in total. The minimum absolute atomic E-state index is 0.135. The van der Waals surface area contributed by atoms with Crippen molar-refractivity contribution in [2.45, 2.75) is 61.3 Å². The fourth-order valence-electron chi connectivity index (χ4n) is 0.699. The van der Waals surface area contributed by atoms with Crippen LogP contribution in [-0.4, -0.2) is 17.9 Å². The van der Waals surface area contributed by atoms with Crippen LogP contribution < -0.4 is 0 Å². The number of hydrogen-bond acceptors (Lipinski definition) is 3. The lowest BCUT2D eigenvalue weighted by molar-refractivity contribution is -0.115. The van der Waals surface area contributed by atoms with Gasteiger partial charge in [0.2, 0.25) is 0 Å². The van der Waals surface area contributed by atoms with Gasteiger partial charge in [0.05, 0.1) is 0 Å². The van der Waals surface area contributed by atoms with Gasteiger partial charge in [0.15, 0.2) is 5.78 Å². The van der Waals surface area contributed by atoms with E-state index >= 15 is 0 Å². The number of carbonyl (C=O) groups excluding carboxylic acids is 3. The van der Waals surface area contributed by atoms with Crippen molar-refractivity contribution in [2.75, 3.05) is 0 Å². The maximum absolute atomic E-state index is 10.3. The first-order chi connectivity index (χ1) is 8.63. The summed E-state index contributed by atoms with van der Waals surface area (Å²) in [6, 6.07) is 0. The number of aldehydes is 1. The highest BCUT2D eigenvalue weighted by Crippen LogP contribution is 1.99. The van der Waals surface area contributed by atoms with Crippen LogP contribution in [0.4, 0.5) is 0 Å². The van der Waals surface area contributed by atoms with Crippen LogP contribution in [0.1, 0.15) is 61.3 Å². The van der Waals surface area contributed by atoms with Gasteiger partial charge in [0.1, 0.15) is 12.1 Å². The van der Waals surface area contributed by atoms with E-state index < -0.39 is 0 Å². The van der Waals surface area contributed by atoms with E-state index in [1.165, 1.54) is 13.8 Å². The topological polar surface area (TPSA) is 51.2 Å². The van der Waals surface area contributed by atoms with Crippen LogP contribution in [0, 0.1) is 11.8 Å². The van der Waals surface area contributed by atoms with Crippen LogP contribution >= 0.6 is 0 Å². The summed E-state index contributed by atoms with van der Waals surface area (Å²) in [5, 5.41) is 0. The van der Waals surface area contributed by atoms with Crippen molar-refractivity contribution in [3.8, 4) is 0 Å². The summed E-state index contributed by atoms with van der Waals surface area (Å²) in [6.07, 6.45) is 6.19. The SMILES string of the molecule is CC(=O)/C=C/CC(C)C.CC(C)=O.CC(C)CC=O. The second-order valence-electron chi connectivity index (χ2n) is 5.35. The summed E-state index contributed by atoms with van der Waals surface area (Å²) in [6.45, 7) is 12.9. The zero-order valence-electron chi connectivity index (χ0n) is 13.5. The quantitative estimate of drug-likeness (QED) is 0.560. The van der Waals surface area contributed by atoms with Gasteiger partial charge in [0, 0.05) is 6.42 Å². The second kappa shape index (κ2) is 16.8. The van der Waals surface area contributed by atoms with Crippen LogP contribution in [0.25, 0.3) is 0 Å². The highest BCUT2D eigenvalue weighted by molar-refractivity contribution is 5.87. The first-order valence-corrected chi connectivity index (χ1v) is 6.71. The summed E-state index contributed by atoms with van der Waals surface area (Å²) in [4.78, 5) is 29.4. The average Bonchev–Trinajstić information content (AvgIpc) is 2.15. The molecule has 0 rings (SSSR count). The lowest BCUT2D eigenvalue weighted by Gasteiger charge is -1.94. The normalized spacial score (nSPS) is 9.53. The number of ketones is 2. The summed E-state index contributed by atoms with van der Waals surface area (Å²) in [5.41, 5.74) is 0. The molecule has 0 aliphatic heterocycles. The van der Waals surface area contributed by atoms with Gasteiger partial charge < -0.3 is 9.59 Å². The van der Waals surface area contributed by atoms with Gasteiger partial charge in [-0.05, 0) is 45.1 Å². The number of Topliss-reactive ketones (excluding diaryl/α,β-unsaturated/α-hetero) is 1. The van der Waals surface area contributed by atoms with Crippen molar-refractivity contribution in [3.63, 3.8) is 0 Å². The van der Waals surface area contributed by atoms with E-state index in [1.54, 1.807) is 13.0 Å².